The molecular formula is C22H25N7O2. The molecule has 0 saturated carbocycles. The van der Waals surface area contributed by atoms with Gasteiger partial charge in [0.15, 0.2) is 5.82 Å². The fraction of sp³-hybridized carbons (Fsp3) is 0.318. The van der Waals surface area contributed by atoms with E-state index >= 15 is 0 Å². The van der Waals surface area contributed by atoms with Crippen LogP contribution in [0.25, 0.3) is 0 Å². The topological polar surface area (TPSA) is 142 Å². The second-order valence-electron chi connectivity index (χ2n) is 7.83. The van der Waals surface area contributed by atoms with Crippen molar-refractivity contribution in [1.29, 1.82) is 0 Å². The lowest BCUT2D eigenvalue weighted by Crippen LogP contribution is -2.35. The minimum absolute atomic E-state index is 0.456. The molecule has 0 spiro atoms. The third-order valence-corrected chi connectivity index (χ3v) is 6.00. The summed E-state index contributed by atoms with van der Waals surface area (Å²) in [6.07, 6.45) is 2.00. The molecule has 160 valence electrons. The van der Waals surface area contributed by atoms with Crippen molar-refractivity contribution in [2.75, 3.05) is 13.6 Å². The van der Waals surface area contributed by atoms with E-state index in [4.69, 9.17) is 11.5 Å². The Labute approximate surface area is 179 Å². The molecule has 9 nitrogen and oxygen atoms in total. The van der Waals surface area contributed by atoms with Crippen molar-refractivity contribution in [3.8, 4) is 0 Å². The normalized spacial score (nSPS) is 14.4. The van der Waals surface area contributed by atoms with Crippen LogP contribution in [0.1, 0.15) is 55.2 Å². The number of carbonyl (C=O) groups excluding carboxylic acids is 2. The van der Waals surface area contributed by atoms with Gasteiger partial charge in [-0.25, -0.2) is 0 Å². The fourth-order valence-electron chi connectivity index (χ4n) is 4.54. The highest BCUT2D eigenvalue weighted by molar-refractivity contribution is 5.94. The van der Waals surface area contributed by atoms with Crippen molar-refractivity contribution in [3.05, 3.63) is 75.6 Å². The van der Waals surface area contributed by atoms with Gasteiger partial charge < -0.3 is 16.8 Å². The van der Waals surface area contributed by atoms with Crippen LogP contribution < -0.4 is 16.8 Å². The maximum absolute atomic E-state index is 11.8. The summed E-state index contributed by atoms with van der Waals surface area (Å²) in [7, 11) is 3.62. The van der Waals surface area contributed by atoms with Gasteiger partial charge >= 0.3 is 0 Å². The quantitative estimate of drug-likeness (QED) is 0.530. The zero-order chi connectivity index (χ0) is 22.2. The molecule has 0 atom stereocenters. The average Bonchev–Trinajstić information content (AvgIpc) is 3.14. The molecule has 0 bridgehead atoms. The minimum Gasteiger partial charge on any atom is -0.366 e. The van der Waals surface area contributed by atoms with E-state index in [1.807, 2.05) is 31.3 Å². The molecule has 0 aliphatic heterocycles. The number of carbonyl (C=O) groups is 2. The van der Waals surface area contributed by atoms with E-state index in [9.17, 15) is 9.59 Å². The molecule has 5 N–H and O–H groups in total. The summed E-state index contributed by atoms with van der Waals surface area (Å²) in [4.78, 5) is 25.1. The lowest BCUT2D eigenvalue weighted by Gasteiger charge is -2.34. The summed E-state index contributed by atoms with van der Waals surface area (Å²) in [5.41, 5.74) is 15.3. The van der Waals surface area contributed by atoms with Crippen molar-refractivity contribution < 1.29 is 9.59 Å². The van der Waals surface area contributed by atoms with Crippen molar-refractivity contribution in [1.82, 2.24) is 25.5 Å². The van der Waals surface area contributed by atoms with Crippen LogP contribution in [-0.2, 0) is 25.3 Å². The Bertz CT molecular complexity index is 1100. The van der Waals surface area contributed by atoms with Crippen LogP contribution >= 0.6 is 0 Å². The smallest absolute Gasteiger partial charge is 0.248 e. The number of aromatic nitrogens is 4. The predicted molar refractivity (Wildman–Crippen MR) is 115 cm³/mol. The summed E-state index contributed by atoms with van der Waals surface area (Å²) in [6, 6.07) is 11.1. The Morgan fingerprint density at radius 2 is 1.58 bits per heavy atom. The molecule has 1 aliphatic rings. The Morgan fingerprint density at radius 3 is 2.00 bits per heavy atom. The van der Waals surface area contributed by atoms with E-state index in [-0.39, 0.29) is 0 Å². The van der Waals surface area contributed by atoms with Crippen LogP contribution in [0, 0.1) is 0 Å². The van der Waals surface area contributed by atoms with Gasteiger partial charge in [0, 0.05) is 11.1 Å². The van der Waals surface area contributed by atoms with Gasteiger partial charge in [0.2, 0.25) is 11.8 Å². The Morgan fingerprint density at radius 1 is 1.03 bits per heavy atom. The van der Waals surface area contributed by atoms with E-state index in [1.54, 1.807) is 19.2 Å². The van der Waals surface area contributed by atoms with Gasteiger partial charge in [0.1, 0.15) is 0 Å². The van der Waals surface area contributed by atoms with E-state index < -0.39 is 17.2 Å². The second-order valence-corrected chi connectivity index (χ2v) is 7.83. The molecule has 0 fully saturated rings. The molecule has 4 rings (SSSR count). The second kappa shape index (κ2) is 7.92. The Hall–Kier alpha value is -3.59. The lowest BCUT2D eigenvalue weighted by atomic mass is 9.69. The highest BCUT2D eigenvalue weighted by atomic mass is 16.1. The van der Waals surface area contributed by atoms with Gasteiger partial charge in [0.25, 0.3) is 0 Å². The number of nitrogens with zero attached hydrogens (tertiary/aromatic N) is 4. The summed E-state index contributed by atoms with van der Waals surface area (Å²) in [5.74, 6) is -0.383. The first-order valence-corrected chi connectivity index (χ1v) is 10.1. The summed E-state index contributed by atoms with van der Waals surface area (Å²) in [6.45, 7) is 0.687. The van der Waals surface area contributed by atoms with Crippen LogP contribution in [0.4, 0.5) is 0 Å². The molecule has 0 saturated heterocycles. The molecule has 1 aliphatic carbocycles. The molecule has 2 aromatic carbocycles. The Kier molecular flexibility index (Phi) is 5.28. The largest absolute Gasteiger partial charge is 0.366 e. The van der Waals surface area contributed by atoms with Crippen LogP contribution in [0.15, 0.2) is 36.4 Å². The first kappa shape index (κ1) is 20.7. The molecule has 1 aromatic heterocycles. The lowest BCUT2D eigenvalue weighted by molar-refractivity contribution is 0.0991. The molecule has 9 heteroatoms. The number of hydrogen-bond acceptors (Lipinski definition) is 6. The van der Waals surface area contributed by atoms with Gasteiger partial charge in [-0.3, -0.25) is 9.59 Å². The maximum atomic E-state index is 11.8. The maximum Gasteiger partial charge on any atom is 0.248 e. The predicted octanol–water partition coefficient (Wildman–Crippen LogP) is 0.450. The van der Waals surface area contributed by atoms with Crippen LogP contribution in [0.5, 0.6) is 0 Å². The fourth-order valence-corrected chi connectivity index (χ4v) is 4.54. The third kappa shape index (κ3) is 3.46. The van der Waals surface area contributed by atoms with Gasteiger partial charge in [-0.2, -0.15) is 4.80 Å². The number of amides is 2. The number of nitrogens with one attached hydrogen (secondary N) is 1. The van der Waals surface area contributed by atoms with Crippen molar-refractivity contribution in [2.45, 2.75) is 24.7 Å². The highest BCUT2D eigenvalue weighted by Crippen LogP contribution is 2.46. The monoisotopic (exact) mass is 419 g/mol. The number of aryl methyl sites for hydroxylation is 3. The van der Waals surface area contributed by atoms with Gasteiger partial charge in [-0.15, -0.1) is 10.2 Å². The van der Waals surface area contributed by atoms with Crippen LogP contribution in [-0.4, -0.2) is 45.6 Å². The molecule has 0 radical (unpaired) electrons. The Balaban J connectivity index is 2.06. The van der Waals surface area contributed by atoms with E-state index in [0.29, 0.717) is 42.8 Å². The molecule has 0 unspecified atom stereocenters. The number of benzene rings is 2. The van der Waals surface area contributed by atoms with Gasteiger partial charge in [0.05, 0.1) is 12.5 Å². The summed E-state index contributed by atoms with van der Waals surface area (Å²) < 4.78 is 0. The SMILES string of the molecule is CNCCC1(c2nnn(C)n2)c2ccc(C(N)=O)cc2CCc2cc(C(N)=O)ccc21. The summed E-state index contributed by atoms with van der Waals surface area (Å²) >= 11 is 0. The summed E-state index contributed by atoms with van der Waals surface area (Å²) in [5, 5.41) is 16.3. The molecular weight excluding hydrogens is 394 g/mol. The molecule has 31 heavy (non-hydrogen) atoms. The zero-order valence-corrected chi connectivity index (χ0v) is 17.6. The average molecular weight is 419 g/mol. The third-order valence-electron chi connectivity index (χ3n) is 6.00. The number of fused-ring (bicyclic) bond motifs is 2. The zero-order valence-electron chi connectivity index (χ0n) is 17.6. The molecule has 1 heterocycles. The van der Waals surface area contributed by atoms with Crippen molar-refractivity contribution in [3.63, 3.8) is 0 Å². The minimum atomic E-state index is -0.717. The number of primary amides is 2. The van der Waals surface area contributed by atoms with Gasteiger partial charge in [-0.05, 0) is 84.6 Å². The molecule has 3 aromatic rings. The van der Waals surface area contributed by atoms with Crippen LogP contribution in [0.3, 0.4) is 0 Å². The van der Waals surface area contributed by atoms with E-state index in [2.05, 4.69) is 20.7 Å². The highest BCUT2D eigenvalue weighted by Gasteiger charge is 2.44. The van der Waals surface area contributed by atoms with E-state index in [0.717, 1.165) is 22.3 Å². The van der Waals surface area contributed by atoms with E-state index in [1.165, 1.54) is 4.80 Å². The first-order chi connectivity index (χ1) is 14.9. The number of hydrogen-bond donors (Lipinski definition) is 3. The van der Waals surface area contributed by atoms with Gasteiger partial charge in [-0.1, -0.05) is 12.1 Å². The number of rotatable bonds is 6. The van der Waals surface area contributed by atoms with Crippen molar-refractivity contribution >= 4 is 11.8 Å². The standard InChI is InChI=1S/C22H25N7O2/c1-25-10-9-22(21-26-28-29(2)27-21)17-7-5-15(19(23)30)11-13(17)3-4-14-12-16(20(24)31)6-8-18(14)22/h5-8,11-12,25H,3-4,9-10H2,1-2H3,(H2,23,30)(H2,24,31). The van der Waals surface area contributed by atoms with Crippen molar-refractivity contribution in [2.24, 2.45) is 18.5 Å². The van der Waals surface area contributed by atoms with Crippen LogP contribution in [0.2, 0.25) is 0 Å². The number of nitrogens with two attached hydrogens (primary N) is 2. The first-order valence-electron chi connectivity index (χ1n) is 10.1. The number of tetrazole rings is 1. The molecule has 2 amide bonds.